The van der Waals surface area contributed by atoms with Gasteiger partial charge >= 0.3 is 0 Å². The van der Waals surface area contributed by atoms with Gasteiger partial charge in [-0.05, 0) is 70.4 Å². The monoisotopic (exact) mass is 464 g/mol. The smallest absolute Gasteiger partial charge is 0.254 e. The zero-order valence-electron chi connectivity index (χ0n) is 16.5. The quantitative estimate of drug-likeness (QED) is 0.372. The Bertz CT molecular complexity index is 1050. The SMILES string of the molecule is Cc1ccc(COc2ccc(C=NN3C(=O)C4C5C=CC(C5)C4C3=O)cc2Br)cc1. The van der Waals surface area contributed by atoms with Crippen molar-refractivity contribution < 1.29 is 14.3 Å². The van der Waals surface area contributed by atoms with Crippen LogP contribution in [-0.2, 0) is 16.2 Å². The van der Waals surface area contributed by atoms with Gasteiger partial charge in [0.05, 0.1) is 22.5 Å². The lowest BCUT2D eigenvalue weighted by Gasteiger charge is -2.13. The molecule has 3 aliphatic rings. The number of carbonyl (C=O) groups is 2. The van der Waals surface area contributed by atoms with Crippen molar-refractivity contribution in [3.63, 3.8) is 0 Å². The van der Waals surface area contributed by atoms with Crippen molar-refractivity contribution >= 4 is 34.0 Å². The van der Waals surface area contributed by atoms with Crippen LogP contribution in [0.3, 0.4) is 0 Å². The first-order valence-corrected chi connectivity index (χ1v) is 10.9. The number of hydrazone groups is 1. The molecule has 4 unspecified atom stereocenters. The van der Waals surface area contributed by atoms with Gasteiger partial charge in [-0.1, -0.05) is 42.0 Å². The number of ether oxygens (including phenoxy) is 1. The maximum Gasteiger partial charge on any atom is 0.254 e. The molecule has 2 aliphatic carbocycles. The maximum atomic E-state index is 12.7. The summed E-state index contributed by atoms with van der Waals surface area (Å²) >= 11 is 3.53. The molecule has 1 saturated heterocycles. The summed E-state index contributed by atoms with van der Waals surface area (Å²) < 4.78 is 6.68. The Kier molecular flexibility index (Phi) is 4.82. The van der Waals surface area contributed by atoms with E-state index in [0.29, 0.717) is 6.61 Å². The Morgan fingerprint density at radius 2 is 1.73 bits per heavy atom. The standard InChI is InChI=1S/C24H21BrN2O3/c1-14-2-4-15(5-3-14)13-30-20-9-6-16(10-19(20)25)12-26-27-23(28)21-17-7-8-18(11-17)22(21)24(27)29/h2-10,12,17-18,21-22H,11,13H2,1H3. The molecule has 2 bridgehead atoms. The van der Waals surface area contributed by atoms with E-state index in [1.165, 1.54) is 5.56 Å². The molecule has 1 aliphatic heterocycles. The molecule has 0 aromatic heterocycles. The molecular formula is C24H21BrN2O3. The van der Waals surface area contributed by atoms with Gasteiger partial charge in [-0.3, -0.25) is 9.59 Å². The van der Waals surface area contributed by atoms with Crippen LogP contribution in [0.4, 0.5) is 0 Å². The average Bonchev–Trinajstić information content (AvgIpc) is 3.41. The summed E-state index contributed by atoms with van der Waals surface area (Å²) in [7, 11) is 0. The van der Waals surface area contributed by atoms with Crippen LogP contribution in [0, 0.1) is 30.6 Å². The van der Waals surface area contributed by atoms with Crippen molar-refractivity contribution in [1.29, 1.82) is 0 Å². The number of rotatable bonds is 5. The number of hydrogen-bond donors (Lipinski definition) is 0. The molecule has 2 amide bonds. The van der Waals surface area contributed by atoms with E-state index in [1.807, 2.05) is 30.3 Å². The second-order valence-electron chi connectivity index (χ2n) is 8.20. The van der Waals surface area contributed by atoms with Gasteiger partial charge in [0.1, 0.15) is 12.4 Å². The molecule has 0 spiro atoms. The van der Waals surface area contributed by atoms with Crippen molar-refractivity contribution in [1.82, 2.24) is 5.01 Å². The highest BCUT2D eigenvalue weighted by atomic mass is 79.9. The molecule has 5 rings (SSSR count). The number of benzene rings is 2. The number of nitrogens with zero attached hydrogens (tertiary/aromatic N) is 2. The third-order valence-electron chi connectivity index (χ3n) is 6.24. The van der Waals surface area contributed by atoms with Crippen LogP contribution < -0.4 is 4.74 Å². The topological polar surface area (TPSA) is 59.0 Å². The van der Waals surface area contributed by atoms with Crippen molar-refractivity contribution in [2.24, 2.45) is 28.8 Å². The lowest BCUT2D eigenvalue weighted by atomic mass is 9.85. The van der Waals surface area contributed by atoms with E-state index in [9.17, 15) is 9.59 Å². The molecule has 1 saturated carbocycles. The molecule has 2 fully saturated rings. The predicted molar refractivity (Wildman–Crippen MR) is 117 cm³/mol. The third-order valence-corrected chi connectivity index (χ3v) is 6.86. The van der Waals surface area contributed by atoms with Gasteiger partial charge in [-0.25, -0.2) is 0 Å². The van der Waals surface area contributed by atoms with Crippen LogP contribution >= 0.6 is 15.9 Å². The number of amides is 2. The highest BCUT2D eigenvalue weighted by Gasteiger charge is 2.59. The van der Waals surface area contributed by atoms with Crippen LogP contribution in [-0.4, -0.2) is 23.0 Å². The first-order chi connectivity index (χ1) is 14.5. The summed E-state index contributed by atoms with van der Waals surface area (Å²) in [6.45, 7) is 2.53. The second-order valence-corrected chi connectivity index (χ2v) is 9.05. The second kappa shape index (κ2) is 7.51. The lowest BCUT2D eigenvalue weighted by Crippen LogP contribution is -2.28. The molecule has 6 heteroatoms. The first kappa shape index (κ1) is 19.2. The normalized spacial score (nSPS) is 26.8. The fourth-order valence-corrected chi connectivity index (χ4v) is 5.20. The zero-order chi connectivity index (χ0) is 20.8. The van der Waals surface area contributed by atoms with Crippen LogP contribution in [0.15, 0.2) is 64.2 Å². The van der Waals surface area contributed by atoms with E-state index < -0.39 is 0 Å². The van der Waals surface area contributed by atoms with E-state index in [-0.39, 0.29) is 35.5 Å². The fourth-order valence-electron chi connectivity index (χ4n) is 4.68. The Hall–Kier alpha value is -2.73. The molecule has 5 nitrogen and oxygen atoms in total. The van der Waals surface area contributed by atoms with Crippen molar-refractivity contribution in [2.75, 3.05) is 0 Å². The summed E-state index contributed by atoms with van der Waals surface area (Å²) in [5.41, 5.74) is 3.09. The van der Waals surface area contributed by atoms with Crippen molar-refractivity contribution in [3.05, 3.63) is 75.8 Å². The Morgan fingerprint density at radius 1 is 1.07 bits per heavy atom. The number of hydrogen-bond acceptors (Lipinski definition) is 4. The number of aryl methyl sites for hydroxylation is 1. The third kappa shape index (κ3) is 3.29. The minimum atomic E-state index is -0.228. The van der Waals surface area contributed by atoms with Gasteiger partial charge in [-0.2, -0.15) is 10.1 Å². The van der Waals surface area contributed by atoms with Crippen LogP contribution in [0.1, 0.15) is 23.1 Å². The van der Waals surface area contributed by atoms with Gasteiger partial charge < -0.3 is 4.74 Å². The predicted octanol–water partition coefficient (Wildman–Crippen LogP) is 4.48. The summed E-state index contributed by atoms with van der Waals surface area (Å²) in [4.78, 5) is 25.4. The van der Waals surface area contributed by atoms with Crippen LogP contribution in [0.25, 0.3) is 0 Å². The van der Waals surface area contributed by atoms with Crippen LogP contribution in [0.5, 0.6) is 5.75 Å². The van der Waals surface area contributed by atoms with E-state index in [4.69, 9.17) is 4.74 Å². The highest BCUT2D eigenvalue weighted by molar-refractivity contribution is 9.10. The van der Waals surface area contributed by atoms with Gasteiger partial charge in [0.15, 0.2) is 0 Å². The van der Waals surface area contributed by atoms with Gasteiger partial charge in [0.25, 0.3) is 11.8 Å². The number of fused-ring (bicyclic) bond motifs is 5. The van der Waals surface area contributed by atoms with E-state index in [2.05, 4.69) is 52.2 Å². The molecular weight excluding hydrogens is 444 g/mol. The Balaban J connectivity index is 1.26. The van der Waals surface area contributed by atoms with Crippen molar-refractivity contribution in [3.8, 4) is 5.75 Å². The first-order valence-electron chi connectivity index (χ1n) is 10.1. The molecule has 30 heavy (non-hydrogen) atoms. The number of carbonyl (C=O) groups excluding carboxylic acids is 2. The summed E-state index contributed by atoms with van der Waals surface area (Å²) in [6, 6.07) is 13.8. The molecule has 0 N–H and O–H groups in total. The van der Waals surface area contributed by atoms with Gasteiger partial charge in [-0.15, -0.1) is 0 Å². The lowest BCUT2D eigenvalue weighted by molar-refractivity contribution is -0.140. The van der Waals surface area contributed by atoms with E-state index in [0.717, 1.165) is 32.8 Å². The Labute approximate surface area is 183 Å². The number of halogens is 1. The summed E-state index contributed by atoms with van der Waals surface area (Å²) in [5.74, 6) is 0.304. The fraction of sp³-hybridized carbons (Fsp3) is 0.292. The van der Waals surface area contributed by atoms with Crippen molar-refractivity contribution in [2.45, 2.75) is 20.0 Å². The molecule has 4 atom stereocenters. The molecule has 2 aromatic carbocycles. The average molecular weight is 465 g/mol. The summed E-state index contributed by atoms with van der Waals surface area (Å²) in [5, 5.41) is 5.29. The van der Waals surface area contributed by atoms with E-state index >= 15 is 0 Å². The molecule has 152 valence electrons. The number of imide groups is 1. The zero-order valence-corrected chi connectivity index (χ0v) is 18.1. The molecule has 1 heterocycles. The minimum Gasteiger partial charge on any atom is -0.488 e. The molecule has 0 radical (unpaired) electrons. The highest BCUT2D eigenvalue weighted by Crippen LogP contribution is 2.52. The minimum absolute atomic E-state index is 0.171. The largest absolute Gasteiger partial charge is 0.488 e. The van der Waals surface area contributed by atoms with E-state index in [1.54, 1.807) is 6.21 Å². The van der Waals surface area contributed by atoms with Crippen LogP contribution in [0.2, 0.25) is 0 Å². The molecule has 2 aromatic rings. The summed E-state index contributed by atoms with van der Waals surface area (Å²) in [6.07, 6.45) is 6.63. The Morgan fingerprint density at radius 3 is 2.37 bits per heavy atom. The maximum absolute atomic E-state index is 12.7. The van der Waals surface area contributed by atoms with Gasteiger partial charge in [0.2, 0.25) is 0 Å². The van der Waals surface area contributed by atoms with Gasteiger partial charge in [0, 0.05) is 0 Å². The number of allylic oxidation sites excluding steroid dienone is 2.